The summed E-state index contributed by atoms with van der Waals surface area (Å²) < 4.78 is 5.55. The molecule has 0 spiro atoms. The van der Waals surface area contributed by atoms with Crippen LogP contribution in [0.4, 0.5) is 5.82 Å². The number of nitrogens with one attached hydrogen (secondary N) is 1. The van der Waals surface area contributed by atoms with Crippen molar-refractivity contribution in [2.45, 2.75) is 6.10 Å². The zero-order valence-corrected chi connectivity index (χ0v) is 12.8. The molecule has 1 atom stereocenters. The standard InChI is InChI=1S/C16H15ClN4O/c1-22-14(11-5-2-3-7-13(11)17)9-19-16-12-6-4-8-18-15(12)20-10-21-16/h2-8,10,14H,9H2,1H3,(H,18,19,20,21). The molecule has 1 aromatic carbocycles. The van der Waals surface area contributed by atoms with E-state index in [0.717, 1.165) is 16.8 Å². The third-order valence-corrected chi connectivity index (χ3v) is 3.74. The van der Waals surface area contributed by atoms with Crippen molar-refractivity contribution in [3.05, 3.63) is 59.5 Å². The number of halogens is 1. The third kappa shape index (κ3) is 3.00. The van der Waals surface area contributed by atoms with Crippen molar-refractivity contribution in [3.63, 3.8) is 0 Å². The Morgan fingerprint density at radius 2 is 2.00 bits per heavy atom. The van der Waals surface area contributed by atoms with Crippen LogP contribution in [-0.4, -0.2) is 28.6 Å². The number of rotatable bonds is 5. The number of fused-ring (bicyclic) bond motifs is 1. The molecule has 2 aromatic heterocycles. The molecule has 0 aliphatic rings. The number of anilines is 1. The predicted molar refractivity (Wildman–Crippen MR) is 87.0 cm³/mol. The van der Waals surface area contributed by atoms with E-state index < -0.39 is 0 Å². The fraction of sp³-hybridized carbons (Fsp3) is 0.188. The van der Waals surface area contributed by atoms with Crippen LogP contribution in [0.1, 0.15) is 11.7 Å². The summed E-state index contributed by atoms with van der Waals surface area (Å²) in [7, 11) is 1.66. The Kier molecular flexibility index (Phi) is 4.46. The van der Waals surface area contributed by atoms with E-state index in [9.17, 15) is 0 Å². The van der Waals surface area contributed by atoms with E-state index in [1.54, 1.807) is 13.3 Å². The number of methoxy groups -OCH3 is 1. The Morgan fingerprint density at radius 3 is 2.82 bits per heavy atom. The maximum atomic E-state index is 6.23. The van der Waals surface area contributed by atoms with E-state index in [2.05, 4.69) is 20.3 Å². The van der Waals surface area contributed by atoms with E-state index >= 15 is 0 Å². The molecule has 0 radical (unpaired) electrons. The van der Waals surface area contributed by atoms with Gasteiger partial charge in [-0.25, -0.2) is 15.0 Å². The van der Waals surface area contributed by atoms with E-state index in [-0.39, 0.29) is 6.10 Å². The lowest BCUT2D eigenvalue weighted by molar-refractivity contribution is 0.114. The van der Waals surface area contributed by atoms with Crippen molar-refractivity contribution in [1.82, 2.24) is 15.0 Å². The van der Waals surface area contributed by atoms with Crippen LogP contribution in [0.15, 0.2) is 48.9 Å². The Hall–Kier alpha value is -2.24. The van der Waals surface area contributed by atoms with Gasteiger partial charge in [-0.1, -0.05) is 29.8 Å². The van der Waals surface area contributed by atoms with Crippen molar-refractivity contribution >= 4 is 28.5 Å². The summed E-state index contributed by atoms with van der Waals surface area (Å²) in [6, 6.07) is 11.4. The molecular formula is C16H15ClN4O. The molecule has 2 heterocycles. The highest BCUT2D eigenvalue weighted by Gasteiger charge is 2.14. The number of hydrogen-bond donors (Lipinski definition) is 1. The first-order valence-electron chi connectivity index (χ1n) is 6.86. The molecule has 3 aromatic rings. The molecule has 112 valence electrons. The molecule has 1 N–H and O–H groups in total. The summed E-state index contributed by atoms with van der Waals surface area (Å²) in [5, 5.41) is 4.85. The van der Waals surface area contributed by atoms with Gasteiger partial charge < -0.3 is 10.1 Å². The summed E-state index contributed by atoms with van der Waals surface area (Å²) in [5.41, 5.74) is 1.60. The van der Waals surface area contributed by atoms with Crippen molar-refractivity contribution in [3.8, 4) is 0 Å². The molecule has 1 unspecified atom stereocenters. The molecule has 0 amide bonds. The van der Waals surface area contributed by atoms with E-state index in [1.807, 2.05) is 36.4 Å². The van der Waals surface area contributed by atoms with E-state index in [4.69, 9.17) is 16.3 Å². The second kappa shape index (κ2) is 6.68. The van der Waals surface area contributed by atoms with Crippen molar-refractivity contribution in [2.75, 3.05) is 19.0 Å². The second-order valence-electron chi connectivity index (χ2n) is 4.72. The zero-order chi connectivity index (χ0) is 15.4. The molecule has 0 fully saturated rings. The highest BCUT2D eigenvalue weighted by atomic mass is 35.5. The van der Waals surface area contributed by atoms with Gasteiger partial charge in [0.15, 0.2) is 5.65 Å². The summed E-state index contributed by atoms with van der Waals surface area (Å²) in [6.07, 6.45) is 3.03. The Labute approximate surface area is 133 Å². The summed E-state index contributed by atoms with van der Waals surface area (Å²) in [5.74, 6) is 0.729. The van der Waals surface area contributed by atoms with Gasteiger partial charge in [-0.05, 0) is 18.2 Å². The second-order valence-corrected chi connectivity index (χ2v) is 5.13. The molecule has 0 aliphatic carbocycles. The number of nitrogens with zero attached hydrogens (tertiary/aromatic N) is 3. The Bertz CT molecular complexity index is 775. The highest BCUT2D eigenvalue weighted by molar-refractivity contribution is 6.31. The molecule has 22 heavy (non-hydrogen) atoms. The zero-order valence-electron chi connectivity index (χ0n) is 12.0. The first-order chi connectivity index (χ1) is 10.8. The minimum absolute atomic E-state index is 0.171. The lowest BCUT2D eigenvalue weighted by atomic mass is 10.1. The van der Waals surface area contributed by atoms with Crippen LogP contribution < -0.4 is 5.32 Å². The number of aromatic nitrogens is 3. The monoisotopic (exact) mass is 314 g/mol. The molecule has 0 saturated heterocycles. The maximum Gasteiger partial charge on any atom is 0.164 e. The molecule has 0 saturated carbocycles. The first-order valence-corrected chi connectivity index (χ1v) is 7.24. The van der Waals surface area contributed by atoms with Gasteiger partial charge >= 0.3 is 0 Å². The summed E-state index contributed by atoms with van der Waals surface area (Å²) in [6.45, 7) is 0.543. The number of ether oxygens (including phenoxy) is 1. The van der Waals surface area contributed by atoms with E-state index in [1.165, 1.54) is 6.33 Å². The van der Waals surface area contributed by atoms with Crippen molar-refractivity contribution in [1.29, 1.82) is 0 Å². The van der Waals surface area contributed by atoms with Gasteiger partial charge in [-0.3, -0.25) is 0 Å². The third-order valence-electron chi connectivity index (χ3n) is 3.40. The summed E-state index contributed by atoms with van der Waals surface area (Å²) >= 11 is 6.23. The molecular weight excluding hydrogens is 300 g/mol. The topological polar surface area (TPSA) is 59.9 Å². The minimum Gasteiger partial charge on any atom is -0.375 e. The fourth-order valence-corrected chi connectivity index (χ4v) is 2.54. The average Bonchev–Trinajstić information content (AvgIpc) is 2.57. The van der Waals surface area contributed by atoms with Crippen LogP contribution in [0, 0.1) is 0 Å². The smallest absolute Gasteiger partial charge is 0.164 e. The molecule has 0 aliphatic heterocycles. The van der Waals surface area contributed by atoms with Gasteiger partial charge in [-0.15, -0.1) is 0 Å². The lowest BCUT2D eigenvalue weighted by Gasteiger charge is -2.18. The van der Waals surface area contributed by atoms with Crippen molar-refractivity contribution in [2.24, 2.45) is 0 Å². The van der Waals surface area contributed by atoms with Gasteiger partial charge in [0.25, 0.3) is 0 Å². The predicted octanol–water partition coefficient (Wildman–Crippen LogP) is 3.48. The molecule has 5 nitrogen and oxygen atoms in total. The first kappa shape index (κ1) is 14.7. The van der Waals surface area contributed by atoms with Gasteiger partial charge in [0, 0.05) is 30.4 Å². The Balaban J connectivity index is 1.82. The molecule has 6 heteroatoms. The lowest BCUT2D eigenvalue weighted by Crippen LogP contribution is -2.16. The molecule has 3 rings (SSSR count). The average molecular weight is 315 g/mol. The van der Waals surface area contributed by atoms with Crippen LogP contribution in [-0.2, 0) is 4.74 Å². The van der Waals surface area contributed by atoms with Crippen molar-refractivity contribution < 1.29 is 4.74 Å². The van der Waals surface area contributed by atoms with E-state index in [0.29, 0.717) is 17.2 Å². The molecule has 0 bridgehead atoms. The van der Waals surface area contributed by atoms with Gasteiger partial charge in [0.2, 0.25) is 0 Å². The quantitative estimate of drug-likeness (QED) is 0.781. The SMILES string of the molecule is COC(CNc1ncnc2ncccc12)c1ccccc1Cl. The Morgan fingerprint density at radius 1 is 1.14 bits per heavy atom. The number of benzene rings is 1. The maximum absolute atomic E-state index is 6.23. The van der Waals surface area contributed by atoms with Crippen LogP contribution in [0.3, 0.4) is 0 Å². The summed E-state index contributed by atoms with van der Waals surface area (Å²) in [4.78, 5) is 12.6. The highest BCUT2D eigenvalue weighted by Crippen LogP contribution is 2.26. The largest absolute Gasteiger partial charge is 0.375 e. The van der Waals surface area contributed by atoms with Gasteiger partial charge in [0.05, 0.1) is 5.39 Å². The normalized spacial score (nSPS) is 12.3. The van der Waals surface area contributed by atoms with Crippen LogP contribution in [0.5, 0.6) is 0 Å². The minimum atomic E-state index is -0.171. The number of hydrogen-bond acceptors (Lipinski definition) is 5. The van der Waals surface area contributed by atoms with Crippen LogP contribution in [0.2, 0.25) is 5.02 Å². The van der Waals surface area contributed by atoms with Gasteiger partial charge in [-0.2, -0.15) is 0 Å². The number of pyridine rings is 1. The fourth-order valence-electron chi connectivity index (χ4n) is 2.28. The van der Waals surface area contributed by atoms with Crippen LogP contribution >= 0.6 is 11.6 Å². The van der Waals surface area contributed by atoms with Gasteiger partial charge in [0.1, 0.15) is 18.2 Å². The van der Waals surface area contributed by atoms with Crippen LogP contribution in [0.25, 0.3) is 11.0 Å².